The van der Waals surface area contributed by atoms with Crippen LogP contribution in [0.5, 0.6) is 5.75 Å². The van der Waals surface area contributed by atoms with E-state index >= 15 is 0 Å². The smallest absolute Gasteiger partial charge is 0.226 e. The fraction of sp³-hybridized carbons (Fsp3) is 0.478. The normalized spacial score (nSPS) is 21.1. The summed E-state index contributed by atoms with van der Waals surface area (Å²) in [6.45, 7) is 4.39. The highest BCUT2D eigenvalue weighted by Crippen LogP contribution is 2.40. The number of carbonyl (C=O) groups is 1. The molecule has 0 bridgehead atoms. The van der Waals surface area contributed by atoms with Gasteiger partial charge in [-0.05, 0) is 57.2 Å². The molecule has 1 aliphatic carbocycles. The molecule has 0 atom stereocenters. The topological polar surface area (TPSA) is 117 Å². The fourth-order valence-corrected chi connectivity index (χ4v) is 4.53. The molecule has 3 aliphatic rings. The van der Waals surface area contributed by atoms with Crippen LogP contribution in [0.4, 0.5) is 11.5 Å². The van der Waals surface area contributed by atoms with Crippen molar-refractivity contribution >= 4 is 23.1 Å². The van der Waals surface area contributed by atoms with Crippen molar-refractivity contribution in [1.29, 1.82) is 5.41 Å². The summed E-state index contributed by atoms with van der Waals surface area (Å²) in [5.41, 5.74) is 7.75. The van der Waals surface area contributed by atoms with Crippen LogP contribution in [0, 0.1) is 10.8 Å². The van der Waals surface area contributed by atoms with Gasteiger partial charge in [0.25, 0.3) is 0 Å². The van der Waals surface area contributed by atoms with E-state index in [1.54, 1.807) is 6.07 Å². The van der Waals surface area contributed by atoms with Crippen LogP contribution in [-0.2, 0) is 4.79 Å². The molecule has 2 aromatic rings. The Labute approximate surface area is 181 Å². The number of nitrogens with two attached hydrogens (primary N) is 1. The number of nitrogens with zero attached hydrogens (tertiary/aromatic N) is 3. The van der Waals surface area contributed by atoms with Crippen molar-refractivity contribution in [2.75, 3.05) is 30.3 Å². The Bertz CT molecular complexity index is 1040. The van der Waals surface area contributed by atoms with E-state index in [1.165, 1.54) is 6.33 Å². The molecule has 1 spiro atoms. The van der Waals surface area contributed by atoms with E-state index in [0.717, 1.165) is 63.3 Å². The minimum atomic E-state index is -0.216. The SMILES string of the molecule is CC1(Oc2ccc(N)c(C(=N)c3cc(N4CCC5(CCNC5=O)CC4)ncn3)c2)CC1. The zero-order chi connectivity index (χ0) is 21.6. The summed E-state index contributed by atoms with van der Waals surface area (Å²) in [7, 11) is 0. The Hall–Kier alpha value is -3.16. The molecule has 0 radical (unpaired) electrons. The number of nitrogen functional groups attached to an aromatic ring is 1. The first-order valence-corrected chi connectivity index (χ1v) is 10.9. The van der Waals surface area contributed by atoms with Crippen molar-refractivity contribution in [2.45, 2.75) is 44.6 Å². The molecule has 1 amide bonds. The Morgan fingerprint density at radius 2 is 1.94 bits per heavy atom. The maximum Gasteiger partial charge on any atom is 0.226 e. The van der Waals surface area contributed by atoms with Gasteiger partial charge in [0.2, 0.25) is 5.91 Å². The molecular weight excluding hydrogens is 392 g/mol. The third kappa shape index (κ3) is 3.71. The van der Waals surface area contributed by atoms with E-state index in [0.29, 0.717) is 16.9 Å². The fourth-order valence-electron chi connectivity index (χ4n) is 4.53. The maximum absolute atomic E-state index is 12.2. The van der Waals surface area contributed by atoms with Crippen molar-refractivity contribution in [2.24, 2.45) is 5.41 Å². The third-order valence-electron chi connectivity index (χ3n) is 6.94. The molecule has 162 valence electrons. The summed E-state index contributed by atoms with van der Waals surface area (Å²) in [4.78, 5) is 23.2. The number of carbonyl (C=O) groups excluding carboxylic acids is 1. The van der Waals surface area contributed by atoms with Crippen LogP contribution in [0.3, 0.4) is 0 Å². The maximum atomic E-state index is 12.2. The van der Waals surface area contributed by atoms with Crippen molar-refractivity contribution < 1.29 is 9.53 Å². The van der Waals surface area contributed by atoms with Gasteiger partial charge in [-0.2, -0.15) is 0 Å². The highest BCUT2D eigenvalue weighted by atomic mass is 16.5. The van der Waals surface area contributed by atoms with E-state index in [-0.39, 0.29) is 22.6 Å². The lowest BCUT2D eigenvalue weighted by Crippen LogP contribution is -2.44. The zero-order valence-electron chi connectivity index (χ0n) is 17.8. The van der Waals surface area contributed by atoms with E-state index in [9.17, 15) is 4.79 Å². The van der Waals surface area contributed by atoms with Gasteiger partial charge in [-0.1, -0.05) is 0 Å². The second-order valence-electron chi connectivity index (χ2n) is 9.21. The van der Waals surface area contributed by atoms with Crippen LogP contribution >= 0.6 is 0 Å². The number of aromatic nitrogens is 2. The molecule has 5 rings (SSSR count). The van der Waals surface area contributed by atoms with Crippen molar-refractivity contribution in [3.8, 4) is 5.75 Å². The summed E-state index contributed by atoms with van der Waals surface area (Å²) in [6.07, 6.45) is 6.13. The van der Waals surface area contributed by atoms with Gasteiger partial charge in [0.05, 0.1) is 16.8 Å². The van der Waals surface area contributed by atoms with Gasteiger partial charge in [0.1, 0.15) is 23.5 Å². The summed E-state index contributed by atoms with van der Waals surface area (Å²) < 4.78 is 6.04. The predicted molar refractivity (Wildman–Crippen MR) is 119 cm³/mol. The van der Waals surface area contributed by atoms with E-state index in [4.69, 9.17) is 15.9 Å². The average Bonchev–Trinajstić information content (AvgIpc) is 3.41. The highest BCUT2D eigenvalue weighted by molar-refractivity contribution is 6.13. The number of nitrogens with one attached hydrogen (secondary N) is 2. The summed E-state index contributed by atoms with van der Waals surface area (Å²) in [6, 6.07) is 7.30. The minimum Gasteiger partial charge on any atom is -0.488 e. The lowest BCUT2D eigenvalue weighted by Gasteiger charge is -2.37. The van der Waals surface area contributed by atoms with Crippen LogP contribution in [0.15, 0.2) is 30.6 Å². The molecule has 3 fully saturated rings. The Morgan fingerprint density at radius 3 is 2.61 bits per heavy atom. The molecule has 0 unspecified atom stereocenters. The quantitative estimate of drug-likeness (QED) is 0.505. The van der Waals surface area contributed by atoms with Gasteiger partial charge < -0.3 is 20.7 Å². The highest BCUT2D eigenvalue weighted by Gasteiger charge is 2.44. The Balaban J connectivity index is 1.34. The number of anilines is 2. The van der Waals surface area contributed by atoms with Crippen LogP contribution in [0.2, 0.25) is 0 Å². The van der Waals surface area contributed by atoms with Crippen LogP contribution in [0.25, 0.3) is 0 Å². The Kier molecular flexibility index (Phi) is 4.60. The van der Waals surface area contributed by atoms with Gasteiger partial charge in [-0.15, -0.1) is 0 Å². The monoisotopic (exact) mass is 420 g/mol. The number of benzene rings is 1. The molecule has 1 aromatic carbocycles. The summed E-state index contributed by atoms with van der Waals surface area (Å²) in [5.74, 6) is 1.69. The lowest BCUT2D eigenvalue weighted by molar-refractivity contribution is -0.128. The van der Waals surface area contributed by atoms with Gasteiger partial charge >= 0.3 is 0 Å². The number of ether oxygens (including phenoxy) is 1. The molecule has 31 heavy (non-hydrogen) atoms. The number of hydrogen-bond donors (Lipinski definition) is 3. The molecule has 8 heteroatoms. The van der Waals surface area contributed by atoms with E-state index in [2.05, 4.69) is 27.1 Å². The standard InChI is InChI=1S/C23H28N6O2/c1-22(4-5-22)31-15-2-3-17(24)16(12-15)20(25)18-13-19(28-14-27-18)29-10-7-23(8-11-29)6-9-26-21(23)30/h2-3,12-14,25H,4-11,24H2,1H3,(H,26,30). The molecule has 8 nitrogen and oxygen atoms in total. The van der Waals surface area contributed by atoms with Crippen molar-refractivity contribution in [3.63, 3.8) is 0 Å². The largest absolute Gasteiger partial charge is 0.488 e. The first kappa shape index (κ1) is 19.8. The molecular formula is C23H28N6O2. The first-order valence-electron chi connectivity index (χ1n) is 10.9. The number of amides is 1. The molecule has 2 aliphatic heterocycles. The van der Waals surface area contributed by atoms with Crippen molar-refractivity contribution in [3.05, 3.63) is 41.9 Å². The van der Waals surface area contributed by atoms with E-state index < -0.39 is 0 Å². The molecule has 1 saturated carbocycles. The predicted octanol–water partition coefficient (Wildman–Crippen LogP) is 2.51. The van der Waals surface area contributed by atoms with Crippen LogP contribution in [0.1, 0.15) is 50.3 Å². The second-order valence-corrected chi connectivity index (χ2v) is 9.21. The minimum absolute atomic E-state index is 0.0977. The zero-order valence-corrected chi connectivity index (χ0v) is 17.8. The van der Waals surface area contributed by atoms with Crippen LogP contribution in [-0.4, -0.2) is 46.8 Å². The molecule has 2 saturated heterocycles. The molecule has 1 aromatic heterocycles. The average molecular weight is 421 g/mol. The third-order valence-corrected chi connectivity index (χ3v) is 6.94. The second kappa shape index (κ2) is 7.21. The number of hydrogen-bond acceptors (Lipinski definition) is 7. The molecule has 4 N–H and O–H groups in total. The summed E-state index contributed by atoms with van der Waals surface area (Å²) >= 11 is 0. The van der Waals surface area contributed by atoms with Crippen molar-refractivity contribution in [1.82, 2.24) is 15.3 Å². The van der Waals surface area contributed by atoms with Gasteiger partial charge in [-0.25, -0.2) is 9.97 Å². The molecule has 3 heterocycles. The number of piperidine rings is 1. The first-order chi connectivity index (χ1) is 14.9. The van der Waals surface area contributed by atoms with Gasteiger partial charge in [0, 0.05) is 37.0 Å². The van der Waals surface area contributed by atoms with Gasteiger partial charge in [-0.3, -0.25) is 10.2 Å². The van der Waals surface area contributed by atoms with Gasteiger partial charge in [0.15, 0.2) is 0 Å². The summed E-state index contributed by atoms with van der Waals surface area (Å²) in [5, 5.41) is 11.7. The van der Waals surface area contributed by atoms with E-state index in [1.807, 2.05) is 18.2 Å². The van der Waals surface area contributed by atoms with Crippen LogP contribution < -0.4 is 20.7 Å². The lowest BCUT2D eigenvalue weighted by atomic mass is 9.77. The Morgan fingerprint density at radius 1 is 1.16 bits per heavy atom. The number of rotatable bonds is 5.